The first-order chi connectivity index (χ1) is 29.9. The fraction of sp³-hybridized carbons (Fsp3) is 0.333. The minimum absolute atomic E-state index is 0.0872. The van der Waals surface area contributed by atoms with Crippen LogP contribution in [0, 0.1) is 0 Å². The molecule has 6 nitrogen and oxygen atoms in total. The zero-order chi connectivity index (χ0) is 42.9. The van der Waals surface area contributed by atoms with Crippen LogP contribution in [0.2, 0.25) is 5.02 Å². The van der Waals surface area contributed by atoms with Crippen molar-refractivity contribution in [1.82, 2.24) is 0 Å². The third kappa shape index (κ3) is 16.4. The van der Waals surface area contributed by atoms with Crippen LogP contribution in [-0.2, 0) is 0 Å². The molecule has 7 heteroatoms. The smallest absolute Gasteiger partial charge is 0.343 e. The molecule has 0 atom stereocenters. The van der Waals surface area contributed by atoms with E-state index in [9.17, 15) is 9.59 Å². The molecule has 0 N–H and O–H groups in total. The second-order valence-corrected chi connectivity index (χ2v) is 15.8. The normalized spacial score (nSPS) is 10.8. The molecule has 0 aromatic heterocycles. The van der Waals surface area contributed by atoms with Crippen LogP contribution in [0.3, 0.4) is 0 Å². The van der Waals surface area contributed by atoms with Crippen LogP contribution in [0.5, 0.6) is 23.0 Å². The fourth-order valence-corrected chi connectivity index (χ4v) is 7.12. The minimum Gasteiger partial charge on any atom is -0.494 e. The third-order valence-corrected chi connectivity index (χ3v) is 10.9. The van der Waals surface area contributed by atoms with E-state index in [-0.39, 0.29) is 16.5 Å². The van der Waals surface area contributed by atoms with Crippen LogP contribution >= 0.6 is 11.6 Å². The molecule has 0 saturated carbocycles. The fourth-order valence-electron chi connectivity index (χ4n) is 6.96. The Hall–Kier alpha value is -5.59. The van der Waals surface area contributed by atoms with Gasteiger partial charge in [-0.3, -0.25) is 0 Å². The van der Waals surface area contributed by atoms with Crippen molar-refractivity contribution in [2.75, 3.05) is 13.2 Å². The number of ether oxygens (including phenoxy) is 4. The van der Waals surface area contributed by atoms with Crippen LogP contribution in [0.25, 0.3) is 22.3 Å². The number of allylic oxidation sites excluding steroid dienone is 2. The summed E-state index contributed by atoms with van der Waals surface area (Å²) in [5.41, 5.74) is 4.67. The lowest BCUT2D eigenvalue weighted by molar-refractivity contribution is 0.0733. The second kappa shape index (κ2) is 26.6. The Balaban J connectivity index is 1.03. The van der Waals surface area contributed by atoms with Gasteiger partial charge in [-0.05, 0) is 121 Å². The molecule has 320 valence electrons. The largest absolute Gasteiger partial charge is 0.494 e. The van der Waals surface area contributed by atoms with E-state index < -0.39 is 11.9 Å². The highest BCUT2D eigenvalue weighted by Crippen LogP contribution is 2.31. The monoisotopic (exact) mass is 840 g/mol. The van der Waals surface area contributed by atoms with Gasteiger partial charge >= 0.3 is 11.9 Å². The third-order valence-electron chi connectivity index (χ3n) is 10.6. The number of unbranched alkanes of at least 4 members (excludes halogenated alkanes) is 14. The van der Waals surface area contributed by atoms with Crippen molar-refractivity contribution in [2.45, 2.75) is 103 Å². The first-order valence-corrected chi connectivity index (χ1v) is 22.4. The van der Waals surface area contributed by atoms with E-state index in [1.807, 2.05) is 84.9 Å². The van der Waals surface area contributed by atoms with Crippen LogP contribution in [0.4, 0.5) is 0 Å². The highest BCUT2D eigenvalue weighted by Gasteiger charge is 2.15. The Morgan fingerprint density at radius 2 is 0.770 bits per heavy atom. The van der Waals surface area contributed by atoms with Crippen LogP contribution in [-0.4, -0.2) is 25.2 Å². The summed E-state index contributed by atoms with van der Waals surface area (Å²) < 4.78 is 23.2. The van der Waals surface area contributed by atoms with Crippen LogP contribution in [0.15, 0.2) is 141 Å². The van der Waals surface area contributed by atoms with E-state index in [0.717, 1.165) is 59.4 Å². The van der Waals surface area contributed by atoms with Crippen molar-refractivity contribution in [2.24, 2.45) is 0 Å². The summed E-state index contributed by atoms with van der Waals surface area (Å²) in [5, 5.41) is 0.212. The lowest BCUT2D eigenvalue weighted by atomic mass is 10.0. The average Bonchev–Trinajstić information content (AvgIpc) is 3.29. The number of carbonyl (C=O) groups is 2. The SMILES string of the molecule is C=CCCCCCCCCCOc1ccc(-c2ccc(C(=O)Oc3ccc(Cl)c(OC(=O)c4ccc(-c5ccc(OCCCCCCCCCC=C)cc5)cc4)c3)cc2)cc1. The minimum atomic E-state index is -0.583. The first-order valence-electron chi connectivity index (χ1n) is 22.1. The second-order valence-electron chi connectivity index (χ2n) is 15.4. The van der Waals surface area contributed by atoms with Gasteiger partial charge in [-0.25, -0.2) is 9.59 Å². The van der Waals surface area contributed by atoms with Gasteiger partial charge in [-0.1, -0.05) is 136 Å². The molecular weight excluding hydrogens is 780 g/mol. The maximum absolute atomic E-state index is 13.1. The molecule has 0 bridgehead atoms. The highest BCUT2D eigenvalue weighted by molar-refractivity contribution is 6.32. The summed E-state index contributed by atoms with van der Waals surface area (Å²) in [7, 11) is 0. The zero-order valence-corrected chi connectivity index (χ0v) is 36.3. The van der Waals surface area contributed by atoms with Crippen molar-refractivity contribution in [3.63, 3.8) is 0 Å². The quantitative estimate of drug-likeness (QED) is 0.0216. The van der Waals surface area contributed by atoms with E-state index in [0.29, 0.717) is 24.3 Å². The van der Waals surface area contributed by atoms with Crippen molar-refractivity contribution in [1.29, 1.82) is 0 Å². The molecule has 61 heavy (non-hydrogen) atoms. The molecule has 0 fully saturated rings. The molecule has 0 saturated heterocycles. The topological polar surface area (TPSA) is 71.1 Å². The number of halogens is 1. The number of rotatable bonds is 28. The van der Waals surface area contributed by atoms with Gasteiger partial charge in [0.25, 0.3) is 0 Å². The Kier molecular flexibility index (Phi) is 20.3. The van der Waals surface area contributed by atoms with Crippen LogP contribution < -0.4 is 18.9 Å². The zero-order valence-electron chi connectivity index (χ0n) is 35.6. The van der Waals surface area contributed by atoms with Gasteiger partial charge in [-0.15, -0.1) is 13.2 Å². The summed E-state index contributed by atoms with van der Waals surface area (Å²) in [6.45, 7) is 8.99. The first kappa shape index (κ1) is 46.5. The maximum Gasteiger partial charge on any atom is 0.343 e. The lowest BCUT2D eigenvalue weighted by Crippen LogP contribution is -2.10. The molecule has 0 aliphatic rings. The van der Waals surface area contributed by atoms with E-state index >= 15 is 0 Å². The van der Waals surface area contributed by atoms with Crippen molar-refractivity contribution in [3.05, 3.63) is 157 Å². The van der Waals surface area contributed by atoms with Gasteiger partial charge < -0.3 is 18.9 Å². The molecule has 5 aromatic rings. The average molecular weight is 842 g/mol. The molecule has 5 aromatic carbocycles. The number of carbonyl (C=O) groups excluding carboxylic acids is 2. The van der Waals surface area contributed by atoms with E-state index in [2.05, 4.69) is 13.2 Å². The number of hydrogen-bond acceptors (Lipinski definition) is 6. The van der Waals surface area contributed by atoms with Gasteiger partial charge in [0.15, 0.2) is 5.75 Å². The molecule has 0 spiro atoms. The molecule has 0 unspecified atom stereocenters. The van der Waals surface area contributed by atoms with Crippen LogP contribution in [0.1, 0.15) is 123 Å². The summed E-state index contributed by atoms with van der Waals surface area (Å²) >= 11 is 6.39. The van der Waals surface area contributed by atoms with Crippen molar-refractivity contribution >= 4 is 23.5 Å². The van der Waals surface area contributed by atoms with Gasteiger partial charge in [-0.2, -0.15) is 0 Å². The van der Waals surface area contributed by atoms with Gasteiger partial charge in [0.1, 0.15) is 17.2 Å². The Bertz CT molecular complexity index is 2070. The molecule has 0 heterocycles. The molecule has 0 radical (unpaired) electrons. The van der Waals surface area contributed by atoms with Gasteiger partial charge in [0, 0.05) is 6.07 Å². The molecular formula is C54H61ClO6. The Morgan fingerprint density at radius 3 is 1.18 bits per heavy atom. The van der Waals surface area contributed by atoms with E-state index in [1.54, 1.807) is 30.3 Å². The standard InChI is InChI=1S/C54H61ClO6/c1-3-5-7-9-11-13-15-17-19-39-58-48-33-29-44(30-34-48)42-21-25-46(26-22-42)53(56)60-50-37-38-51(55)52(41-50)61-54(57)47-27-23-43(24-28-47)45-31-35-49(36-32-45)59-40-20-18-16-14-12-10-8-6-4-2/h3-4,21-38,41H,1-2,5-20,39-40H2. The highest BCUT2D eigenvalue weighted by atomic mass is 35.5. The molecule has 5 rings (SSSR count). The lowest BCUT2D eigenvalue weighted by Gasteiger charge is -2.11. The summed E-state index contributed by atoms with van der Waals surface area (Å²) in [5.74, 6) is 0.847. The predicted molar refractivity (Wildman–Crippen MR) is 250 cm³/mol. The Morgan fingerprint density at radius 1 is 0.426 bits per heavy atom. The molecule has 0 aliphatic heterocycles. The summed E-state index contributed by atoms with van der Waals surface area (Å²) in [6.07, 6.45) is 23.4. The number of esters is 2. The van der Waals surface area contributed by atoms with E-state index in [1.165, 1.54) is 89.2 Å². The van der Waals surface area contributed by atoms with Crippen molar-refractivity contribution < 1.29 is 28.5 Å². The van der Waals surface area contributed by atoms with Crippen molar-refractivity contribution in [3.8, 4) is 45.3 Å². The number of hydrogen-bond donors (Lipinski definition) is 0. The van der Waals surface area contributed by atoms with E-state index in [4.69, 9.17) is 30.5 Å². The summed E-state index contributed by atoms with van der Waals surface area (Å²) in [4.78, 5) is 26.2. The Labute approximate surface area is 368 Å². The molecule has 0 aliphatic carbocycles. The number of benzene rings is 5. The maximum atomic E-state index is 13.1. The van der Waals surface area contributed by atoms with Gasteiger partial charge in [0.2, 0.25) is 0 Å². The van der Waals surface area contributed by atoms with Gasteiger partial charge in [0.05, 0.1) is 29.4 Å². The summed E-state index contributed by atoms with van der Waals surface area (Å²) in [6, 6.07) is 34.9. The predicted octanol–water partition coefficient (Wildman–Crippen LogP) is 15.5. The molecule has 0 amide bonds.